The number of rotatable bonds is 10. The topological polar surface area (TPSA) is 64.8 Å². The maximum Gasteiger partial charge on any atom is 0.230 e. The third-order valence-electron chi connectivity index (χ3n) is 3.86. The SMILES string of the molecule is CCOCCN(CCOCC)C(=O)C1(CN)CCC1. The van der Waals surface area contributed by atoms with Crippen LogP contribution < -0.4 is 5.73 Å². The molecule has 0 saturated heterocycles. The van der Waals surface area contributed by atoms with Crippen LogP contribution in [0.1, 0.15) is 33.1 Å². The third kappa shape index (κ3) is 4.44. The summed E-state index contributed by atoms with van der Waals surface area (Å²) in [6.07, 6.45) is 2.94. The van der Waals surface area contributed by atoms with E-state index in [0.29, 0.717) is 46.1 Å². The molecule has 5 nitrogen and oxygen atoms in total. The Hall–Kier alpha value is -0.650. The number of hydrogen-bond acceptors (Lipinski definition) is 4. The standard InChI is InChI=1S/C14H28N2O3/c1-3-18-10-8-16(9-11-19-4-2)13(17)14(12-15)6-5-7-14/h3-12,15H2,1-2H3. The molecular weight excluding hydrogens is 244 g/mol. The first kappa shape index (κ1) is 16.4. The van der Waals surface area contributed by atoms with Gasteiger partial charge in [-0.15, -0.1) is 0 Å². The van der Waals surface area contributed by atoms with Gasteiger partial charge in [-0.1, -0.05) is 6.42 Å². The van der Waals surface area contributed by atoms with Crippen LogP contribution in [0.15, 0.2) is 0 Å². The van der Waals surface area contributed by atoms with Crippen LogP contribution in [-0.4, -0.2) is 56.9 Å². The minimum Gasteiger partial charge on any atom is -0.380 e. The lowest BCUT2D eigenvalue weighted by Gasteiger charge is -2.42. The first-order valence-electron chi connectivity index (χ1n) is 7.35. The van der Waals surface area contributed by atoms with Gasteiger partial charge < -0.3 is 20.1 Å². The fourth-order valence-corrected chi connectivity index (χ4v) is 2.40. The van der Waals surface area contributed by atoms with Crippen LogP contribution in [0.2, 0.25) is 0 Å². The van der Waals surface area contributed by atoms with Crippen molar-refractivity contribution in [1.29, 1.82) is 0 Å². The summed E-state index contributed by atoms with van der Waals surface area (Å²) in [6.45, 7) is 8.13. The second-order valence-electron chi connectivity index (χ2n) is 5.02. The minimum absolute atomic E-state index is 0.181. The van der Waals surface area contributed by atoms with Crippen LogP contribution in [0.5, 0.6) is 0 Å². The van der Waals surface area contributed by atoms with Gasteiger partial charge in [-0.05, 0) is 26.7 Å². The molecule has 0 atom stereocenters. The minimum atomic E-state index is -0.307. The summed E-state index contributed by atoms with van der Waals surface area (Å²) < 4.78 is 10.7. The van der Waals surface area contributed by atoms with Gasteiger partial charge >= 0.3 is 0 Å². The number of carbonyl (C=O) groups is 1. The van der Waals surface area contributed by atoms with Crippen molar-refractivity contribution in [3.63, 3.8) is 0 Å². The Kier molecular flexibility index (Phi) is 7.34. The van der Waals surface area contributed by atoms with Crippen LogP contribution >= 0.6 is 0 Å². The zero-order valence-electron chi connectivity index (χ0n) is 12.3. The maximum absolute atomic E-state index is 12.6. The molecule has 1 saturated carbocycles. The quantitative estimate of drug-likeness (QED) is 0.603. The van der Waals surface area contributed by atoms with Gasteiger partial charge in [-0.3, -0.25) is 4.79 Å². The Labute approximate surface area is 116 Å². The molecule has 0 aromatic rings. The lowest BCUT2D eigenvalue weighted by atomic mass is 9.68. The van der Waals surface area contributed by atoms with Crippen molar-refractivity contribution in [1.82, 2.24) is 4.90 Å². The largest absolute Gasteiger partial charge is 0.380 e. The van der Waals surface area contributed by atoms with Gasteiger partial charge in [0.15, 0.2) is 0 Å². The highest BCUT2D eigenvalue weighted by Crippen LogP contribution is 2.41. The van der Waals surface area contributed by atoms with E-state index in [-0.39, 0.29) is 11.3 Å². The van der Waals surface area contributed by atoms with E-state index in [1.165, 1.54) is 0 Å². The smallest absolute Gasteiger partial charge is 0.230 e. The fourth-order valence-electron chi connectivity index (χ4n) is 2.40. The Morgan fingerprint density at radius 2 is 1.68 bits per heavy atom. The summed E-state index contributed by atoms with van der Waals surface area (Å²) in [4.78, 5) is 14.5. The highest BCUT2D eigenvalue weighted by molar-refractivity contribution is 5.84. The van der Waals surface area contributed by atoms with Crippen LogP contribution in [0.3, 0.4) is 0 Å². The Balaban J connectivity index is 2.52. The molecular formula is C14H28N2O3. The van der Waals surface area contributed by atoms with E-state index in [1.54, 1.807) is 0 Å². The van der Waals surface area contributed by atoms with Gasteiger partial charge in [-0.25, -0.2) is 0 Å². The van der Waals surface area contributed by atoms with Crippen LogP contribution in [-0.2, 0) is 14.3 Å². The van der Waals surface area contributed by atoms with Crippen molar-refractivity contribution in [3.05, 3.63) is 0 Å². The summed E-state index contributed by atoms with van der Waals surface area (Å²) in [5.41, 5.74) is 5.50. The van der Waals surface area contributed by atoms with Crippen molar-refractivity contribution >= 4 is 5.91 Å². The summed E-state index contributed by atoms with van der Waals surface area (Å²) in [6, 6.07) is 0. The molecule has 1 fully saturated rings. The van der Waals surface area contributed by atoms with E-state index in [2.05, 4.69) is 0 Å². The predicted octanol–water partition coefficient (Wildman–Crippen LogP) is 1.02. The van der Waals surface area contributed by atoms with Crippen molar-refractivity contribution in [2.45, 2.75) is 33.1 Å². The van der Waals surface area contributed by atoms with Crippen molar-refractivity contribution in [2.75, 3.05) is 46.1 Å². The zero-order chi connectivity index (χ0) is 14.1. The highest BCUT2D eigenvalue weighted by Gasteiger charge is 2.44. The van der Waals surface area contributed by atoms with E-state index in [4.69, 9.17) is 15.2 Å². The first-order valence-corrected chi connectivity index (χ1v) is 7.35. The summed E-state index contributed by atoms with van der Waals surface area (Å²) in [5.74, 6) is 0.181. The maximum atomic E-state index is 12.6. The van der Waals surface area contributed by atoms with Gasteiger partial charge in [0.25, 0.3) is 0 Å². The fraction of sp³-hybridized carbons (Fsp3) is 0.929. The predicted molar refractivity (Wildman–Crippen MR) is 74.9 cm³/mol. The van der Waals surface area contributed by atoms with Gasteiger partial charge in [0, 0.05) is 32.8 Å². The average molecular weight is 272 g/mol. The summed E-state index contributed by atoms with van der Waals surface area (Å²) >= 11 is 0. The number of ether oxygens (including phenoxy) is 2. The second kappa shape index (κ2) is 8.51. The molecule has 1 amide bonds. The molecule has 0 heterocycles. The molecule has 2 N–H and O–H groups in total. The summed E-state index contributed by atoms with van der Waals surface area (Å²) in [5, 5.41) is 0. The molecule has 112 valence electrons. The lowest BCUT2D eigenvalue weighted by molar-refractivity contribution is -0.148. The Morgan fingerprint density at radius 3 is 2.00 bits per heavy atom. The number of carbonyl (C=O) groups excluding carboxylic acids is 1. The van der Waals surface area contributed by atoms with Crippen molar-refractivity contribution in [3.8, 4) is 0 Å². The monoisotopic (exact) mass is 272 g/mol. The first-order chi connectivity index (χ1) is 9.20. The molecule has 0 aromatic carbocycles. The Bertz CT molecular complexity index is 252. The highest BCUT2D eigenvalue weighted by atomic mass is 16.5. The molecule has 0 aromatic heterocycles. The van der Waals surface area contributed by atoms with E-state index in [1.807, 2.05) is 18.7 Å². The molecule has 1 aliphatic rings. The van der Waals surface area contributed by atoms with E-state index >= 15 is 0 Å². The molecule has 0 spiro atoms. The van der Waals surface area contributed by atoms with Crippen molar-refractivity contribution in [2.24, 2.45) is 11.1 Å². The molecule has 0 aliphatic heterocycles. The molecule has 5 heteroatoms. The van der Waals surface area contributed by atoms with Gasteiger partial charge in [0.2, 0.25) is 5.91 Å². The zero-order valence-corrected chi connectivity index (χ0v) is 12.3. The molecule has 19 heavy (non-hydrogen) atoms. The van der Waals surface area contributed by atoms with Crippen LogP contribution in [0.25, 0.3) is 0 Å². The third-order valence-corrected chi connectivity index (χ3v) is 3.86. The average Bonchev–Trinajstić information content (AvgIpc) is 2.36. The number of hydrogen-bond donors (Lipinski definition) is 1. The van der Waals surface area contributed by atoms with E-state index < -0.39 is 0 Å². The van der Waals surface area contributed by atoms with Crippen molar-refractivity contribution < 1.29 is 14.3 Å². The molecule has 1 aliphatic carbocycles. The Morgan fingerprint density at radius 1 is 1.16 bits per heavy atom. The molecule has 0 radical (unpaired) electrons. The van der Waals surface area contributed by atoms with Crippen LogP contribution in [0, 0.1) is 5.41 Å². The molecule has 0 unspecified atom stereocenters. The molecule has 0 bridgehead atoms. The van der Waals surface area contributed by atoms with Gasteiger partial charge in [0.1, 0.15) is 0 Å². The van der Waals surface area contributed by atoms with E-state index in [9.17, 15) is 4.79 Å². The second-order valence-corrected chi connectivity index (χ2v) is 5.02. The van der Waals surface area contributed by atoms with Gasteiger partial charge in [0.05, 0.1) is 18.6 Å². The van der Waals surface area contributed by atoms with Gasteiger partial charge in [-0.2, -0.15) is 0 Å². The number of nitrogens with zero attached hydrogens (tertiary/aromatic N) is 1. The summed E-state index contributed by atoms with van der Waals surface area (Å²) in [7, 11) is 0. The molecule has 1 rings (SSSR count). The lowest BCUT2D eigenvalue weighted by Crippen LogP contribution is -2.53. The number of nitrogens with two attached hydrogens (primary N) is 1. The van der Waals surface area contributed by atoms with E-state index in [0.717, 1.165) is 19.3 Å². The number of amides is 1. The normalized spacial score (nSPS) is 17.0. The van der Waals surface area contributed by atoms with Crippen LogP contribution in [0.4, 0.5) is 0 Å².